The van der Waals surface area contributed by atoms with Crippen LogP contribution in [0.3, 0.4) is 0 Å². The van der Waals surface area contributed by atoms with Crippen molar-refractivity contribution >= 4 is 17.3 Å². The summed E-state index contributed by atoms with van der Waals surface area (Å²) in [4.78, 5) is 12.1. The molecule has 2 rings (SSSR count). The Kier molecular flexibility index (Phi) is 7.21. The number of hydrogen-bond donors (Lipinski definition) is 2. The van der Waals surface area contributed by atoms with E-state index in [0.717, 1.165) is 37.0 Å². The zero-order valence-corrected chi connectivity index (χ0v) is 15.8. The van der Waals surface area contributed by atoms with Gasteiger partial charge in [0.15, 0.2) is 5.96 Å². The van der Waals surface area contributed by atoms with Crippen LogP contribution in [0.1, 0.15) is 21.0 Å². The van der Waals surface area contributed by atoms with E-state index in [4.69, 9.17) is 0 Å². The molecule has 5 nitrogen and oxygen atoms in total. The van der Waals surface area contributed by atoms with Crippen molar-refractivity contribution in [2.45, 2.75) is 26.4 Å². The van der Waals surface area contributed by atoms with E-state index in [9.17, 15) is 0 Å². The van der Waals surface area contributed by atoms with Gasteiger partial charge in [0, 0.05) is 44.2 Å². The molecule has 0 aliphatic carbocycles. The van der Waals surface area contributed by atoms with Gasteiger partial charge in [0.2, 0.25) is 0 Å². The molecule has 24 heavy (non-hydrogen) atoms. The molecule has 0 atom stereocenters. The van der Waals surface area contributed by atoms with Crippen LogP contribution >= 0.6 is 11.3 Å². The van der Waals surface area contributed by atoms with Crippen molar-refractivity contribution in [2.24, 2.45) is 4.99 Å². The SMILES string of the molecule is CN=C(NCCc1ncc(C)s1)NCc1ccc(CN(C)C)cc1. The Morgan fingerprint density at radius 1 is 1.17 bits per heavy atom. The number of aromatic nitrogens is 1. The van der Waals surface area contributed by atoms with Crippen molar-refractivity contribution in [1.29, 1.82) is 0 Å². The monoisotopic (exact) mass is 345 g/mol. The van der Waals surface area contributed by atoms with Crippen molar-refractivity contribution in [3.05, 3.63) is 51.5 Å². The average Bonchev–Trinajstić information content (AvgIpc) is 2.97. The Balaban J connectivity index is 1.74. The van der Waals surface area contributed by atoms with E-state index in [2.05, 4.69) is 70.8 Å². The molecule has 1 heterocycles. The zero-order valence-electron chi connectivity index (χ0n) is 15.0. The van der Waals surface area contributed by atoms with Gasteiger partial charge in [0.1, 0.15) is 0 Å². The number of hydrogen-bond acceptors (Lipinski definition) is 4. The van der Waals surface area contributed by atoms with Gasteiger partial charge in [0.05, 0.1) is 5.01 Å². The van der Waals surface area contributed by atoms with Crippen LogP contribution in [0, 0.1) is 6.92 Å². The largest absolute Gasteiger partial charge is 0.356 e. The molecule has 0 saturated carbocycles. The lowest BCUT2D eigenvalue weighted by atomic mass is 10.1. The molecular weight excluding hydrogens is 318 g/mol. The van der Waals surface area contributed by atoms with Crippen molar-refractivity contribution in [2.75, 3.05) is 27.7 Å². The normalized spacial score (nSPS) is 11.8. The minimum absolute atomic E-state index is 0.762. The van der Waals surface area contributed by atoms with Gasteiger partial charge in [-0.15, -0.1) is 11.3 Å². The summed E-state index contributed by atoms with van der Waals surface area (Å²) in [6.45, 7) is 4.64. The average molecular weight is 346 g/mol. The smallest absolute Gasteiger partial charge is 0.191 e. The fourth-order valence-electron chi connectivity index (χ4n) is 2.34. The molecule has 0 aliphatic rings. The van der Waals surface area contributed by atoms with Crippen LogP contribution in [0.4, 0.5) is 0 Å². The Labute approximate surface area is 148 Å². The maximum absolute atomic E-state index is 4.38. The Bertz CT molecular complexity index is 646. The van der Waals surface area contributed by atoms with Gasteiger partial charge in [-0.05, 0) is 32.1 Å². The summed E-state index contributed by atoms with van der Waals surface area (Å²) < 4.78 is 0. The second-order valence-corrected chi connectivity index (χ2v) is 7.34. The summed E-state index contributed by atoms with van der Waals surface area (Å²) in [7, 11) is 5.96. The molecule has 0 bridgehead atoms. The van der Waals surface area contributed by atoms with Crippen LogP contribution in [0.2, 0.25) is 0 Å². The third kappa shape index (κ3) is 6.29. The molecule has 0 unspecified atom stereocenters. The van der Waals surface area contributed by atoms with Gasteiger partial charge >= 0.3 is 0 Å². The van der Waals surface area contributed by atoms with Gasteiger partial charge in [-0.1, -0.05) is 24.3 Å². The van der Waals surface area contributed by atoms with E-state index < -0.39 is 0 Å². The highest BCUT2D eigenvalue weighted by Crippen LogP contribution is 2.11. The van der Waals surface area contributed by atoms with Crippen LogP contribution in [-0.2, 0) is 19.5 Å². The van der Waals surface area contributed by atoms with E-state index in [1.807, 2.05) is 6.20 Å². The standard InChI is InChI=1S/C18H27N5S/c1-14-11-21-17(24-14)9-10-20-18(19-2)22-12-15-5-7-16(8-6-15)13-23(3)4/h5-8,11H,9-10,12-13H2,1-4H3,(H2,19,20,22). The maximum atomic E-state index is 4.38. The number of aliphatic imine (C=N–C) groups is 1. The van der Waals surface area contributed by atoms with Crippen LogP contribution < -0.4 is 10.6 Å². The van der Waals surface area contributed by atoms with Crippen LogP contribution in [0.25, 0.3) is 0 Å². The highest BCUT2D eigenvalue weighted by Gasteiger charge is 2.02. The highest BCUT2D eigenvalue weighted by atomic mass is 32.1. The number of thiazole rings is 1. The molecule has 2 N–H and O–H groups in total. The van der Waals surface area contributed by atoms with Crippen molar-refractivity contribution in [3.8, 4) is 0 Å². The Morgan fingerprint density at radius 3 is 2.46 bits per heavy atom. The molecule has 0 amide bonds. The fraction of sp³-hybridized carbons (Fsp3) is 0.444. The third-order valence-electron chi connectivity index (χ3n) is 3.51. The zero-order chi connectivity index (χ0) is 17.4. The van der Waals surface area contributed by atoms with Crippen LogP contribution in [-0.4, -0.2) is 43.5 Å². The number of aryl methyl sites for hydroxylation is 1. The molecule has 0 aliphatic heterocycles. The summed E-state index contributed by atoms with van der Waals surface area (Å²) in [6, 6.07) is 8.69. The molecule has 0 fully saturated rings. The first-order chi connectivity index (χ1) is 11.6. The summed E-state index contributed by atoms with van der Waals surface area (Å²) >= 11 is 1.75. The predicted molar refractivity (Wildman–Crippen MR) is 103 cm³/mol. The quantitative estimate of drug-likeness (QED) is 0.598. The van der Waals surface area contributed by atoms with Gasteiger partial charge in [-0.25, -0.2) is 4.98 Å². The number of nitrogens with zero attached hydrogens (tertiary/aromatic N) is 3. The van der Waals surface area contributed by atoms with E-state index in [-0.39, 0.29) is 0 Å². The summed E-state index contributed by atoms with van der Waals surface area (Å²) in [6.07, 6.45) is 2.84. The van der Waals surface area contributed by atoms with E-state index >= 15 is 0 Å². The molecule has 130 valence electrons. The number of benzene rings is 1. The van der Waals surface area contributed by atoms with E-state index in [0.29, 0.717) is 0 Å². The van der Waals surface area contributed by atoms with E-state index in [1.54, 1.807) is 18.4 Å². The topological polar surface area (TPSA) is 52.6 Å². The van der Waals surface area contributed by atoms with Crippen molar-refractivity contribution in [3.63, 3.8) is 0 Å². The first-order valence-corrected chi connectivity index (χ1v) is 8.97. The van der Waals surface area contributed by atoms with Gasteiger partial charge in [0.25, 0.3) is 0 Å². The van der Waals surface area contributed by atoms with Gasteiger partial charge < -0.3 is 15.5 Å². The third-order valence-corrected chi connectivity index (χ3v) is 4.48. The van der Waals surface area contributed by atoms with Gasteiger partial charge in [-0.2, -0.15) is 0 Å². The lowest BCUT2D eigenvalue weighted by Gasteiger charge is -2.13. The first kappa shape index (κ1) is 18.4. The minimum Gasteiger partial charge on any atom is -0.356 e. The first-order valence-electron chi connectivity index (χ1n) is 8.15. The van der Waals surface area contributed by atoms with Crippen LogP contribution in [0.5, 0.6) is 0 Å². The van der Waals surface area contributed by atoms with Crippen molar-refractivity contribution < 1.29 is 0 Å². The molecule has 0 radical (unpaired) electrons. The Hall–Kier alpha value is -1.92. The Morgan fingerprint density at radius 2 is 1.88 bits per heavy atom. The highest BCUT2D eigenvalue weighted by molar-refractivity contribution is 7.11. The molecule has 1 aromatic heterocycles. The number of guanidine groups is 1. The lowest BCUT2D eigenvalue weighted by molar-refractivity contribution is 0.402. The summed E-state index contributed by atoms with van der Waals surface area (Å²) in [5, 5.41) is 7.84. The van der Waals surface area contributed by atoms with Crippen molar-refractivity contribution in [1.82, 2.24) is 20.5 Å². The van der Waals surface area contributed by atoms with Gasteiger partial charge in [-0.3, -0.25) is 4.99 Å². The maximum Gasteiger partial charge on any atom is 0.191 e. The minimum atomic E-state index is 0.762. The molecule has 2 aromatic rings. The molecular formula is C18H27N5S. The lowest BCUT2D eigenvalue weighted by Crippen LogP contribution is -2.37. The summed E-state index contributed by atoms with van der Waals surface area (Å²) in [5.74, 6) is 0.820. The molecule has 0 spiro atoms. The fourth-order valence-corrected chi connectivity index (χ4v) is 3.13. The van der Waals surface area contributed by atoms with Crippen LogP contribution in [0.15, 0.2) is 35.5 Å². The molecule has 0 saturated heterocycles. The second-order valence-electron chi connectivity index (χ2n) is 6.02. The summed E-state index contributed by atoms with van der Waals surface area (Å²) in [5.41, 5.74) is 2.57. The number of nitrogens with one attached hydrogen (secondary N) is 2. The molecule has 6 heteroatoms. The predicted octanol–water partition coefficient (Wildman–Crippen LogP) is 2.42. The second kappa shape index (κ2) is 9.39. The van der Waals surface area contributed by atoms with E-state index in [1.165, 1.54) is 16.0 Å². The number of rotatable bonds is 7. The molecule has 1 aromatic carbocycles.